The van der Waals surface area contributed by atoms with Crippen LogP contribution in [-0.2, 0) is 6.54 Å². The zero-order valence-electron chi connectivity index (χ0n) is 14.8. The minimum Gasteiger partial charge on any atom is -0.352 e. The fourth-order valence-electron chi connectivity index (χ4n) is 2.57. The summed E-state index contributed by atoms with van der Waals surface area (Å²) in [4.78, 5) is 11.3. The lowest BCUT2D eigenvalue weighted by molar-refractivity contribution is 0.752. The summed E-state index contributed by atoms with van der Waals surface area (Å²) in [5, 5.41) is 3.35. The first kappa shape index (κ1) is 17.0. The molecule has 2 aromatic carbocycles. The minimum absolute atomic E-state index is 0.342. The van der Waals surface area contributed by atoms with Crippen LogP contribution in [0.25, 0.3) is 0 Å². The van der Waals surface area contributed by atoms with E-state index in [1.807, 2.05) is 36.5 Å². The molecule has 4 nitrogen and oxygen atoms in total. The highest BCUT2D eigenvalue weighted by molar-refractivity contribution is 5.60. The lowest BCUT2D eigenvalue weighted by atomic mass is 10.2. The molecule has 1 N–H and O–H groups in total. The number of para-hydroxylation sites is 1. The number of anilines is 3. The van der Waals surface area contributed by atoms with E-state index in [-0.39, 0.29) is 0 Å². The second kappa shape index (κ2) is 8.29. The molecule has 0 spiro atoms. The van der Waals surface area contributed by atoms with Crippen LogP contribution < -0.4 is 10.2 Å². The van der Waals surface area contributed by atoms with E-state index in [1.54, 1.807) is 0 Å². The first-order chi connectivity index (χ1) is 12.3. The average Bonchev–Trinajstić information content (AvgIpc) is 2.67. The molecule has 0 aliphatic carbocycles. The van der Waals surface area contributed by atoms with Crippen molar-refractivity contribution in [2.75, 3.05) is 10.2 Å². The van der Waals surface area contributed by atoms with E-state index >= 15 is 0 Å². The van der Waals surface area contributed by atoms with E-state index in [2.05, 4.69) is 65.4 Å². The van der Waals surface area contributed by atoms with Gasteiger partial charge in [0.1, 0.15) is 5.82 Å². The van der Waals surface area contributed by atoms with Gasteiger partial charge in [0.2, 0.25) is 5.95 Å². The SMILES string of the molecule is CCC(C)Nc1nccc(N(Cc2ccccc2)c2ccccc2)n1. The lowest BCUT2D eigenvalue weighted by Crippen LogP contribution is -2.20. The van der Waals surface area contributed by atoms with Gasteiger partial charge >= 0.3 is 0 Å². The number of rotatable bonds is 7. The monoisotopic (exact) mass is 332 g/mol. The molecule has 3 aromatic rings. The molecule has 3 rings (SSSR count). The number of aromatic nitrogens is 2. The van der Waals surface area contributed by atoms with Crippen molar-refractivity contribution in [2.45, 2.75) is 32.9 Å². The molecule has 0 saturated carbocycles. The Kier molecular flexibility index (Phi) is 5.62. The summed E-state index contributed by atoms with van der Waals surface area (Å²) < 4.78 is 0. The van der Waals surface area contributed by atoms with Crippen LogP contribution in [0.15, 0.2) is 72.9 Å². The highest BCUT2D eigenvalue weighted by atomic mass is 15.2. The van der Waals surface area contributed by atoms with Gasteiger partial charge in [0, 0.05) is 24.5 Å². The standard InChI is InChI=1S/C21H24N4/c1-3-17(2)23-21-22-15-14-20(24-21)25(19-12-8-5-9-13-19)16-18-10-6-4-7-11-18/h4-15,17H,3,16H2,1-2H3,(H,22,23,24). The summed E-state index contributed by atoms with van der Waals surface area (Å²) in [5.41, 5.74) is 2.35. The summed E-state index contributed by atoms with van der Waals surface area (Å²) in [6, 6.07) is 23.1. The molecular formula is C21H24N4. The molecule has 0 fully saturated rings. The fraction of sp³-hybridized carbons (Fsp3) is 0.238. The molecule has 4 heteroatoms. The Morgan fingerprint density at radius 3 is 2.32 bits per heavy atom. The largest absolute Gasteiger partial charge is 0.352 e. The number of nitrogens with zero attached hydrogens (tertiary/aromatic N) is 3. The van der Waals surface area contributed by atoms with Crippen molar-refractivity contribution in [2.24, 2.45) is 0 Å². The van der Waals surface area contributed by atoms with Crippen molar-refractivity contribution in [3.63, 3.8) is 0 Å². The normalized spacial score (nSPS) is 11.8. The Hall–Kier alpha value is -2.88. The van der Waals surface area contributed by atoms with E-state index < -0.39 is 0 Å². The summed E-state index contributed by atoms with van der Waals surface area (Å²) in [5.74, 6) is 1.55. The maximum absolute atomic E-state index is 4.74. The number of hydrogen-bond acceptors (Lipinski definition) is 4. The average molecular weight is 332 g/mol. The molecule has 25 heavy (non-hydrogen) atoms. The predicted molar refractivity (Wildman–Crippen MR) is 104 cm³/mol. The lowest BCUT2D eigenvalue weighted by Gasteiger charge is -2.24. The molecule has 0 aliphatic heterocycles. The van der Waals surface area contributed by atoms with Gasteiger partial charge in [-0.25, -0.2) is 4.98 Å². The Morgan fingerprint density at radius 2 is 1.64 bits per heavy atom. The molecule has 0 amide bonds. The molecule has 128 valence electrons. The van der Waals surface area contributed by atoms with Crippen LogP contribution in [-0.4, -0.2) is 16.0 Å². The predicted octanol–water partition coefficient (Wildman–Crippen LogP) is 5.03. The van der Waals surface area contributed by atoms with Gasteiger partial charge in [-0.05, 0) is 37.1 Å². The third-order valence-electron chi connectivity index (χ3n) is 4.16. The highest BCUT2D eigenvalue weighted by Crippen LogP contribution is 2.26. The molecule has 1 atom stereocenters. The first-order valence-corrected chi connectivity index (χ1v) is 8.72. The Bertz CT molecular complexity index is 774. The molecule has 0 aliphatic rings. The fourth-order valence-corrected chi connectivity index (χ4v) is 2.57. The van der Waals surface area contributed by atoms with Gasteiger partial charge in [-0.1, -0.05) is 55.5 Å². The maximum Gasteiger partial charge on any atom is 0.224 e. The third-order valence-corrected chi connectivity index (χ3v) is 4.16. The van der Waals surface area contributed by atoms with E-state index in [4.69, 9.17) is 4.98 Å². The Morgan fingerprint density at radius 1 is 0.960 bits per heavy atom. The van der Waals surface area contributed by atoms with E-state index in [0.717, 1.165) is 24.5 Å². The van der Waals surface area contributed by atoms with E-state index in [1.165, 1.54) is 5.56 Å². The van der Waals surface area contributed by atoms with Crippen molar-refractivity contribution in [1.82, 2.24) is 9.97 Å². The molecule has 0 saturated heterocycles. The quantitative estimate of drug-likeness (QED) is 0.659. The van der Waals surface area contributed by atoms with Crippen LogP contribution in [0.3, 0.4) is 0 Å². The number of benzene rings is 2. The molecule has 1 unspecified atom stereocenters. The van der Waals surface area contributed by atoms with Crippen LogP contribution in [0.1, 0.15) is 25.8 Å². The molecule has 1 aromatic heterocycles. The van der Waals surface area contributed by atoms with Crippen LogP contribution in [0.4, 0.5) is 17.5 Å². The van der Waals surface area contributed by atoms with Crippen LogP contribution in [0, 0.1) is 0 Å². The zero-order valence-corrected chi connectivity index (χ0v) is 14.8. The van der Waals surface area contributed by atoms with Crippen molar-refractivity contribution < 1.29 is 0 Å². The Labute approximate surface area is 149 Å². The minimum atomic E-state index is 0.342. The molecule has 0 radical (unpaired) electrons. The topological polar surface area (TPSA) is 41.1 Å². The summed E-state index contributed by atoms with van der Waals surface area (Å²) in [6.07, 6.45) is 2.84. The van der Waals surface area contributed by atoms with Gasteiger partial charge < -0.3 is 10.2 Å². The van der Waals surface area contributed by atoms with Crippen molar-refractivity contribution >= 4 is 17.5 Å². The maximum atomic E-state index is 4.74. The summed E-state index contributed by atoms with van der Waals surface area (Å²) in [7, 11) is 0. The number of hydrogen-bond donors (Lipinski definition) is 1. The summed E-state index contributed by atoms with van der Waals surface area (Å²) >= 11 is 0. The van der Waals surface area contributed by atoms with Gasteiger partial charge in [-0.3, -0.25) is 0 Å². The first-order valence-electron chi connectivity index (χ1n) is 8.72. The van der Waals surface area contributed by atoms with Crippen LogP contribution in [0.5, 0.6) is 0 Å². The Balaban J connectivity index is 1.93. The van der Waals surface area contributed by atoms with Crippen LogP contribution >= 0.6 is 0 Å². The van der Waals surface area contributed by atoms with Crippen LogP contribution in [0.2, 0.25) is 0 Å². The zero-order chi connectivity index (χ0) is 17.5. The van der Waals surface area contributed by atoms with Crippen molar-refractivity contribution in [1.29, 1.82) is 0 Å². The van der Waals surface area contributed by atoms with Gasteiger partial charge in [-0.2, -0.15) is 4.98 Å². The molecule has 1 heterocycles. The molecular weight excluding hydrogens is 308 g/mol. The van der Waals surface area contributed by atoms with Crippen molar-refractivity contribution in [3.05, 3.63) is 78.5 Å². The van der Waals surface area contributed by atoms with Gasteiger partial charge in [0.15, 0.2) is 0 Å². The smallest absolute Gasteiger partial charge is 0.224 e. The third kappa shape index (κ3) is 4.57. The van der Waals surface area contributed by atoms with Crippen molar-refractivity contribution in [3.8, 4) is 0 Å². The number of nitrogens with one attached hydrogen (secondary N) is 1. The van der Waals surface area contributed by atoms with Gasteiger partial charge in [-0.15, -0.1) is 0 Å². The van der Waals surface area contributed by atoms with E-state index in [9.17, 15) is 0 Å². The van der Waals surface area contributed by atoms with Gasteiger partial charge in [0.25, 0.3) is 0 Å². The van der Waals surface area contributed by atoms with Gasteiger partial charge in [0.05, 0.1) is 0 Å². The molecule has 0 bridgehead atoms. The second-order valence-corrected chi connectivity index (χ2v) is 6.10. The highest BCUT2D eigenvalue weighted by Gasteiger charge is 2.13. The summed E-state index contributed by atoms with van der Waals surface area (Å²) in [6.45, 7) is 5.03. The van der Waals surface area contributed by atoms with E-state index in [0.29, 0.717) is 12.0 Å². The second-order valence-electron chi connectivity index (χ2n) is 6.10.